The highest BCUT2D eigenvalue weighted by Crippen LogP contribution is 2.41. The molecule has 0 saturated carbocycles. The number of nitrogens with one attached hydrogen (secondary N) is 1. The maximum absolute atomic E-state index is 5.47. The minimum Gasteiger partial charge on any atom is -0.493 e. The van der Waals surface area contributed by atoms with Crippen molar-refractivity contribution in [3.05, 3.63) is 35.9 Å². The van der Waals surface area contributed by atoms with E-state index in [9.17, 15) is 0 Å². The first kappa shape index (κ1) is 14.4. The van der Waals surface area contributed by atoms with Crippen LogP contribution in [0.3, 0.4) is 0 Å². The monoisotopic (exact) mass is 315 g/mol. The first-order valence-electron chi connectivity index (χ1n) is 8.00. The summed E-state index contributed by atoms with van der Waals surface area (Å²) in [5.74, 6) is 4.06. The average Bonchev–Trinajstić information content (AvgIpc) is 3.22. The number of ether oxygens (including phenoxy) is 3. The first-order valence-corrected chi connectivity index (χ1v) is 8.00. The highest BCUT2D eigenvalue weighted by molar-refractivity contribution is 5.55. The molecule has 0 fully saturated rings. The predicted octanol–water partition coefficient (Wildman–Crippen LogP) is 1.97. The van der Waals surface area contributed by atoms with Crippen LogP contribution in [-0.2, 0) is 19.5 Å². The molecule has 0 spiro atoms. The highest BCUT2D eigenvalue weighted by atomic mass is 16.7. The van der Waals surface area contributed by atoms with Gasteiger partial charge in [-0.2, -0.15) is 0 Å². The van der Waals surface area contributed by atoms with Crippen molar-refractivity contribution in [1.29, 1.82) is 0 Å². The lowest BCUT2D eigenvalue weighted by Gasteiger charge is -2.24. The summed E-state index contributed by atoms with van der Waals surface area (Å²) in [6.45, 7) is 3.10. The van der Waals surface area contributed by atoms with Crippen LogP contribution in [-0.4, -0.2) is 30.0 Å². The zero-order chi connectivity index (χ0) is 15.6. The minimum atomic E-state index is 0.262. The molecule has 0 amide bonds. The Morgan fingerprint density at radius 1 is 1.39 bits per heavy atom. The molecule has 1 aromatic heterocycles. The zero-order valence-corrected chi connectivity index (χ0v) is 13.2. The van der Waals surface area contributed by atoms with Gasteiger partial charge in [-0.25, -0.2) is 4.98 Å². The van der Waals surface area contributed by atoms with E-state index in [0.29, 0.717) is 11.7 Å². The summed E-state index contributed by atoms with van der Waals surface area (Å²) in [4.78, 5) is 4.37. The average molecular weight is 315 g/mol. The number of aryl methyl sites for hydroxylation is 1. The fraction of sp³-hybridized carbons (Fsp3) is 0.471. The van der Waals surface area contributed by atoms with E-state index in [1.807, 2.05) is 18.3 Å². The van der Waals surface area contributed by atoms with E-state index in [0.717, 1.165) is 43.1 Å². The van der Waals surface area contributed by atoms with Gasteiger partial charge < -0.3 is 24.1 Å². The lowest BCUT2D eigenvalue weighted by atomic mass is 9.99. The summed E-state index contributed by atoms with van der Waals surface area (Å²) >= 11 is 0. The van der Waals surface area contributed by atoms with Crippen molar-refractivity contribution in [3.63, 3.8) is 0 Å². The third kappa shape index (κ3) is 2.86. The number of imidazole rings is 1. The molecule has 2 aliphatic heterocycles. The standard InChI is InChI=1S/C17H21N3O3/c1-21-14-6-13(7-15-17(14)23-11-22-15)9-18-8-12-2-3-16-19-4-5-20(16)10-12/h4-7,12,18H,2-3,8-11H2,1H3/t12-/m1/s1. The molecule has 23 heavy (non-hydrogen) atoms. The smallest absolute Gasteiger partial charge is 0.231 e. The van der Waals surface area contributed by atoms with Crippen LogP contribution >= 0.6 is 0 Å². The fourth-order valence-electron chi connectivity index (χ4n) is 3.31. The second-order valence-electron chi connectivity index (χ2n) is 6.06. The molecule has 122 valence electrons. The topological polar surface area (TPSA) is 57.5 Å². The van der Waals surface area contributed by atoms with Gasteiger partial charge in [0.25, 0.3) is 0 Å². The number of benzene rings is 1. The largest absolute Gasteiger partial charge is 0.493 e. The second-order valence-corrected chi connectivity index (χ2v) is 6.06. The van der Waals surface area contributed by atoms with Crippen LogP contribution in [0, 0.1) is 5.92 Å². The van der Waals surface area contributed by atoms with Crippen molar-refractivity contribution in [1.82, 2.24) is 14.9 Å². The molecule has 0 radical (unpaired) electrons. The number of fused-ring (bicyclic) bond motifs is 2. The Balaban J connectivity index is 1.35. The van der Waals surface area contributed by atoms with Crippen molar-refractivity contribution in [3.8, 4) is 17.2 Å². The Morgan fingerprint density at radius 3 is 3.26 bits per heavy atom. The zero-order valence-electron chi connectivity index (χ0n) is 13.2. The van der Waals surface area contributed by atoms with Gasteiger partial charge in [-0.05, 0) is 36.6 Å². The third-order valence-corrected chi connectivity index (χ3v) is 4.51. The maximum Gasteiger partial charge on any atom is 0.231 e. The summed E-state index contributed by atoms with van der Waals surface area (Å²) in [5.41, 5.74) is 1.14. The Morgan fingerprint density at radius 2 is 2.35 bits per heavy atom. The van der Waals surface area contributed by atoms with Crippen molar-refractivity contribution >= 4 is 0 Å². The lowest BCUT2D eigenvalue weighted by Crippen LogP contribution is -2.29. The van der Waals surface area contributed by atoms with Crippen LogP contribution < -0.4 is 19.5 Å². The molecule has 0 saturated heterocycles. The minimum absolute atomic E-state index is 0.262. The molecule has 4 rings (SSSR count). The van der Waals surface area contributed by atoms with Gasteiger partial charge >= 0.3 is 0 Å². The van der Waals surface area contributed by atoms with Gasteiger partial charge in [-0.15, -0.1) is 0 Å². The van der Waals surface area contributed by atoms with E-state index in [1.165, 1.54) is 12.2 Å². The summed E-state index contributed by atoms with van der Waals surface area (Å²) in [7, 11) is 1.65. The summed E-state index contributed by atoms with van der Waals surface area (Å²) in [5, 5.41) is 3.55. The number of aromatic nitrogens is 2. The van der Waals surface area contributed by atoms with E-state index in [2.05, 4.69) is 21.1 Å². The molecular formula is C17H21N3O3. The van der Waals surface area contributed by atoms with Gasteiger partial charge in [-0.1, -0.05) is 0 Å². The normalized spacial score (nSPS) is 18.7. The molecule has 1 aromatic carbocycles. The third-order valence-electron chi connectivity index (χ3n) is 4.51. The Hall–Kier alpha value is -2.21. The van der Waals surface area contributed by atoms with E-state index < -0.39 is 0 Å². The van der Waals surface area contributed by atoms with Gasteiger partial charge in [0.05, 0.1) is 7.11 Å². The fourth-order valence-corrected chi connectivity index (χ4v) is 3.31. The predicted molar refractivity (Wildman–Crippen MR) is 84.9 cm³/mol. The van der Waals surface area contributed by atoms with Crippen molar-refractivity contribution in [2.75, 3.05) is 20.4 Å². The summed E-state index contributed by atoms with van der Waals surface area (Å²) in [6, 6.07) is 4.03. The van der Waals surface area contributed by atoms with Gasteiger partial charge in [0.15, 0.2) is 11.5 Å². The molecule has 1 atom stereocenters. The molecule has 0 aliphatic carbocycles. The molecule has 3 heterocycles. The highest BCUT2D eigenvalue weighted by Gasteiger charge is 2.21. The van der Waals surface area contributed by atoms with E-state index >= 15 is 0 Å². The number of methoxy groups -OCH3 is 1. The molecule has 0 unspecified atom stereocenters. The quantitative estimate of drug-likeness (QED) is 0.914. The van der Waals surface area contributed by atoms with Gasteiger partial charge in [-0.3, -0.25) is 0 Å². The van der Waals surface area contributed by atoms with Crippen LogP contribution in [0.2, 0.25) is 0 Å². The molecule has 2 aromatic rings. The lowest BCUT2D eigenvalue weighted by molar-refractivity contribution is 0.171. The van der Waals surface area contributed by atoms with Crippen molar-refractivity contribution in [2.24, 2.45) is 5.92 Å². The maximum atomic E-state index is 5.47. The van der Waals surface area contributed by atoms with E-state index in [1.54, 1.807) is 7.11 Å². The summed E-state index contributed by atoms with van der Waals surface area (Å²) < 4.78 is 18.5. The first-order chi connectivity index (χ1) is 11.3. The van der Waals surface area contributed by atoms with Crippen molar-refractivity contribution < 1.29 is 14.2 Å². The Bertz CT molecular complexity index is 698. The molecular weight excluding hydrogens is 294 g/mol. The van der Waals surface area contributed by atoms with Gasteiger partial charge in [0.1, 0.15) is 5.82 Å². The molecule has 2 aliphatic rings. The molecule has 6 nitrogen and oxygen atoms in total. The Labute approximate surface area is 135 Å². The van der Waals surface area contributed by atoms with Crippen LogP contribution in [0.25, 0.3) is 0 Å². The SMILES string of the molecule is COc1cc(CNC[C@H]2CCc3nccn3C2)cc2c1OCO2. The van der Waals surface area contributed by atoms with Crippen LogP contribution in [0.1, 0.15) is 17.8 Å². The number of hydrogen-bond donors (Lipinski definition) is 1. The molecule has 1 N–H and O–H groups in total. The van der Waals surface area contributed by atoms with E-state index in [4.69, 9.17) is 14.2 Å². The van der Waals surface area contributed by atoms with Crippen LogP contribution in [0.15, 0.2) is 24.5 Å². The molecule has 6 heteroatoms. The second kappa shape index (κ2) is 6.12. The van der Waals surface area contributed by atoms with Gasteiger partial charge in [0.2, 0.25) is 12.5 Å². The summed E-state index contributed by atoms with van der Waals surface area (Å²) in [6.07, 6.45) is 6.22. The number of nitrogens with zero attached hydrogens (tertiary/aromatic N) is 2. The van der Waals surface area contributed by atoms with Gasteiger partial charge in [0, 0.05) is 31.9 Å². The van der Waals surface area contributed by atoms with Crippen molar-refractivity contribution in [2.45, 2.75) is 25.9 Å². The Kier molecular flexibility index (Phi) is 3.83. The van der Waals surface area contributed by atoms with Crippen LogP contribution in [0.4, 0.5) is 0 Å². The number of hydrogen-bond acceptors (Lipinski definition) is 5. The molecule has 0 bridgehead atoms. The van der Waals surface area contributed by atoms with E-state index in [-0.39, 0.29) is 6.79 Å². The van der Waals surface area contributed by atoms with Crippen LogP contribution in [0.5, 0.6) is 17.2 Å². The number of rotatable bonds is 5.